The van der Waals surface area contributed by atoms with Gasteiger partial charge in [0.1, 0.15) is 0 Å². The minimum Gasteiger partial charge on any atom is -0.399 e. The van der Waals surface area contributed by atoms with E-state index in [-0.39, 0.29) is 0 Å². The molecule has 0 atom stereocenters. The molecule has 0 saturated heterocycles. The molecule has 0 fully saturated rings. The maximum atomic E-state index is 8.31. The van der Waals surface area contributed by atoms with E-state index in [2.05, 4.69) is 0 Å². The largest absolute Gasteiger partial charge is 0.399 e. The number of hydrogen-bond acceptors (Lipinski definition) is 2. The van der Waals surface area contributed by atoms with E-state index in [0.717, 1.165) is 5.56 Å². The van der Waals surface area contributed by atoms with Gasteiger partial charge < -0.3 is 5.73 Å². The van der Waals surface area contributed by atoms with Crippen molar-refractivity contribution in [2.24, 2.45) is 0 Å². The highest BCUT2D eigenvalue weighted by Crippen LogP contribution is 2.20. The summed E-state index contributed by atoms with van der Waals surface area (Å²) in [5.41, 5.74) is 7.09. The molecule has 2 N–H and O–H groups in total. The van der Waals surface area contributed by atoms with Crippen molar-refractivity contribution in [3.05, 3.63) is 34.9 Å². The quantitative estimate of drug-likeness (QED) is 0.733. The van der Waals surface area contributed by atoms with Gasteiger partial charge in [-0.3, -0.25) is 0 Å². The first-order valence-corrected chi connectivity index (χ1v) is 4.20. The molecule has 0 aliphatic carbocycles. The van der Waals surface area contributed by atoms with Crippen molar-refractivity contribution in [3.8, 4) is 6.07 Å². The van der Waals surface area contributed by atoms with Gasteiger partial charge in [0.25, 0.3) is 0 Å². The van der Waals surface area contributed by atoms with Crippen LogP contribution in [0.4, 0.5) is 5.69 Å². The Bertz CT molecular complexity index is 364. The highest BCUT2D eigenvalue weighted by Gasteiger charge is 1.95. The number of rotatable bonds is 2. The second-order valence-electron chi connectivity index (χ2n) is 2.55. The van der Waals surface area contributed by atoms with E-state index >= 15 is 0 Å². The Balaban J connectivity index is 2.88. The smallest absolute Gasteiger partial charge is 0.0663 e. The predicted octanol–water partition coefficient (Wildman–Crippen LogP) is 2.85. The number of allylic oxidation sites excluding steroid dienone is 1. The zero-order chi connectivity index (χ0) is 9.68. The fourth-order valence-corrected chi connectivity index (χ4v) is 1.11. The van der Waals surface area contributed by atoms with Crippen LogP contribution in [0, 0.1) is 11.3 Å². The summed E-state index contributed by atoms with van der Waals surface area (Å²) in [7, 11) is 0. The van der Waals surface area contributed by atoms with Gasteiger partial charge in [-0.15, -0.1) is 0 Å². The number of nitrogen functional groups attached to an aromatic ring is 1. The SMILES string of the molecule is N#CCC=Cc1cc(N)ccc1Cl. The summed E-state index contributed by atoms with van der Waals surface area (Å²) >= 11 is 5.89. The Morgan fingerprint density at radius 1 is 1.54 bits per heavy atom. The zero-order valence-corrected chi connectivity index (χ0v) is 7.75. The molecule has 0 spiro atoms. The molecule has 0 aromatic heterocycles. The van der Waals surface area contributed by atoms with Gasteiger partial charge in [0, 0.05) is 10.7 Å². The van der Waals surface area contributed by atoms with Crippen molar-refractivity contribution in [1.82, 2.24) is 0 Å². The van der Waals surface area contributed by atoms with Crippen LogP contribution in [0.15, 0.2) is 24.3 Å². The number of halogens is 1. The van der Waals surface area contributed by atoms with Gasteiger partial charge in [-0.05, 0) is 23.8 Å². The third kappa shape index (κ3) is 2.81. The molecule has 0 amide bonds. The highest BCUT2D eigenvalue weighted by atomic mass is 35.5. The molecule has 2 nitrogen and oxygen atoms in total. The standard InChI is InChI=1S/C10H9ClN2/c11-10-5-4-9(13)7-8(10)3-1-2-6-12/h1,3-5,7H,2,13H2. The minimum absolute atomic E-state index is 0.380. The van der Waals surface area contributed by atoms with Crippen molar-refractivity contribution in [1.29, 1.82) is 5.26 Å². The summed E-state index contributed by atoms with van der Waals surface area (Å²) in [4.78, 5) is 0. The second-order valence-corrected chi connectivity index (χ2v) is 2.95. The number of nitrogens with two attached hydrogens (primary N) is 1. The Kier molecular flexibility index (Phi) is 3.36. The predicted molar refractivity (Wildman–Crippen MR) is 55.1 cm³/mol. The van der Waals surface area contributed by atoms with Crippen LogP contribution in [-0.2, 0) is 0 Å². The van der Waals surface area contributed by atoms with Crippen molar-refractivity contribution >= 4 is 23.4 Å². The van der Waals surface area contributed by atoms with Gasteiger partial charge in [0.05, 0.1) is 12.5 Å². The van der Waals surface area contributed by atoms with Crippen molar-refractivity contribution < 1.29 is 0 Å². The van der Waals surface area contributed by atoms with E-state index in [0.29, 0.717) is 17.1 Å². The number of anilines is 1. The topological polar surface area (TPSA) is 49.8 Å². The summed E-state index contributed by atoms with van der Waals surface area (Å²) in [5.74, 6) is 0. The molecular formula is C10H9ClN2. The molecule has 0 saturated carbocycles. The molecular weight excluding hydrogens is 184 g/mol. The summed E-state index contributed by atoms with van der Waals surface area (Å²) in [6.45, 7) is 0. The lowest BCUT2D eigenvalue weighted by atomic mass is 10.2. The molecule has 3 heteroatoms. The van der Waals surface area contributed by atoms with Crippen LogP contribution in [0.3, 0.4) is 0 Å². The third-order valence-corrected chi connectivity index (χ3v) is 1.87. The molecule has 13 heavy (non-hydrogen) atoms. The van der Waals surface area contributed by atoms with Crippen LogP contribution in [0.25, 0.3) is 6.08 Å². The van der Waals surface area contributed by atoms with E-state index in [4.69, 9.17) is 22.6 Å². The number of nitrogens with zero attached hydrogens (tertiary/aromatic N) is 1. The maximum absolute atomic E-state index is 8.31. The van der Waals surface area contributed by atoms with Crippen LogP contribution in [-0.4, -0.2) is 0 Å². The fraction of sp³-hybridized carbons (Fsp3) is 0.100. The minimum atomic E-state index is 0.380. The average molecular weight is 193 g/mol. The first kappa shape index (κ1) is 9.63. The second kappa shape index (κ2) is 4.54. The molecule has 0 heterocycles. The molecule has 0 radical (unpaired) electrons. The monoisotopic (exact) mass is 192 g/mol. The van der Waals surface area contributed by atoms with Crippen LogP contribution in [0.2, 0.25) is 5.02 Å². The van der Waals surface area contributed by atoms with Crippen molar-refractivity contribution in [2.45, 2.75) is 6.42 Å². The van der Waals surface area contributed by atoms with E-state index in [1.54, 1.807) is 30.4 Å². The lowest BCUT2D eigenvalue weighted by molar-refractivity contribution is 1.36. The van der Waals surface area contributed by atoms with Crippen LogP contribution >= 0.6 is 11.6 Å². The first-order valence-electron chi connectivity index (χ1n) is 3.82. The average Bonchev–Trinajstić information content (AvgIpc) is 2.11. The van der Waals surface area contributed by atoms with Crippen molar-refractivity contribution in [3.63, 3.8) is 0 Å². The Labute approximate surface area is 82.2 Å². The summed E-state index contributed by atoms with van der Waals surface area (Å²) in [5, 5.41) is 8.95. The molecule has 0 bridgehead atoms. The van der Waals surface area contributed by atoms with Gasteiger partial charge in [-0.1, -0.05) is 23.8 Å². The molecule has 1 aromatic rings. The summed E-state index contributed by atoms with van der Waals surface area (Å²) in [6.07, 6.45) is 3.92. The highest BCUT2D eigenvalue weighted by molar-refractivity contribution is 6.32. The molecule has 1 rings (SSSR count). The van der Waals surface area contributed by atoms with Crippen LogP contribution < -0.4 is 5.73 Å². The van der Waals surface area contributed by atoms with Gasteiger partial charge in [0.15, 0.2) is 0 Å². The molecule has 66 valence electrons. The van der Waals surface area contributed by atoms with Gasteiger partial charge >= 0.3 is 0 Å². The Morgan fingerprint density at radius 2 is 2.31 bits per heavy atom. The number of hydrogen-bond donors (Lipinski definition) is 1. The first-order chi connectivity index (χ1) is 6.24. The molecule has 0 unspecified atom stereocenters. The molecule has 0 aliphatic heterocycles. The van der Waals surface area contributed by atoms with E-state index in [1.807, 2.05) is 6.07 Å². The molecule has 0 aliphatic rings. The zero-order valence-electron chi connectivity index (χ0n) is 7.00. The Morgan fingerprint density at radius 3 is 3.00 bits per heavy atom. The Hall–Kier alpha value is -1.46. The lowest BCUT2D eigenvalue weighted by Gasteiger charge is -1.98. The fourth-order valence-electron chi connectivity index (χ4n) is 0.929. The maximum Gasteiger partial charge on any atom is 0.0663 e. The van der Waals surface area contributed by atoms with Gasteiger partial charge in [-0.25, -0.2) is 0 Å². The van der Waals surface area contributed by atoms with Crippen molar-refractivity contribution in [2.75, 3.05) is 5.73 Å². The lowest BCUT2D eigenvalue weighted by Crippen LogP contribution is -1.85. The van der Waals surface area contributed by atoms with E-state index < -0.39 is 0 Å². The van der Waals surface area contributed by atoms with Crippen LogP contribution in [0.5, 0.6) is 0 Å². The normalized spacial score (nSPS) is 10.2. The van der Waals surface area contributed by atoms with E-state index in [1.165, 1.54) is 0 Å². The number of nitriles is 1. The van der Waals surface area contributed by atoms with E-state index in [9.17, 15) is 0 Å². The van der Waals surface area contributed by atoms with Gasteiger partial charge in [-0.2, -0.15) is 5.26 Å². The van der Waals surface area contributed by atoms with Gasteiger partial charge in [0.2, 0.25) is 0 Å². The number of benzene rings is 1. The summed E-state index contributed by atoms with van der Waals surface area (Å²) < 4.78 is 0. The molecule has 1 aromatic carbocycles. The summed E-state index contributed by atoms with van der Waals surface area (Å²) in [6, 6.07) is 7.26. The van der Waals surface area contributed by atoms with Crippen LogP contribution in [0.1, 0.15) is 12.0 Å². The third-order valence-electron chi connectivity index (χ3n) is 1.53.